The fourth-order valence-corrected chi connectivity index (χ4v) is 31.6. The van der Waals surface area contributed by atoms with Gasteiger partial charge in [0.2, 0.25) is 0 Å². The zero-order chi connectivity index (χ0) is 62.8. The van der Waals surface area contributed by atoms with Gasteiger partial charge in [-0.25, -0.2) is 4.79 Å². The summed E-state index contributed by atoms with van der Waals surface area (Å²) >= 11 is 0. The molecule has 1 aromatic carbocycles. The summed E-state index contributed by atoms with van der Waals surface area (Å²) in [7, 11) is 0. The van der Waals surface area contributed by atoms with Gasteiger partial charge in [0.05, 0.1) is 48.5 Å². The molecule has 13 aliphatic carbocycles. The highest BCUT2D eigenvalue weighted by Crippen LogP contribution is 2.94. The van der Waals surface area contributed by atoms with Crippen molar-refractivity contribution >= 4 is 17.7 Å². The molecule has 8 heterocycles. The SMILES string of the molecule is C[C@@H]1[C@@H]2CCC[C@H]2CC[C@@]12C=CC[C@]13O[C@@]45C(=C[C@@H]21)C[C@@H]1C[C@H]2C=C[C@]46C(=O)OC[C@@]54[C@@H]3C(=O)[C@@H](O)[C@]35[C@@H]4[C@H](C[C@@]16C2)C[C@]1(C)[C@@]32O[C@@H]2C(=O)O[C@@]12c1c(coc1C[C@@H]([C@H]1CC[C@@H]3[C@H](C=CN4CNC[C@@H]34)C1)[C@H](O)CO)CC[C@H]2C#C[C@@H]1CC[C@@H](Cc2ccccc2)C[C@@H]15. The summed E-state index contributed by atoms with van der Waals surface area (Å²) in [4.78, 5) is 54.0. The van der Waals surface area contributed by atoms with Gasteiger partial charge in [-0.2, -0.15) is 0 Å². The van der Waals surface area contributed by atoms with Crippen LogP contribution in [0.1, 0.15) is 152 Å². The van der Waals surface area contributed by atoms with Crippen LogP contribution in [0.5, 0.6) is 0 Å². The van der Waals surface area contributed by atoms with Gasteiger partial charge in [0.1, 0.15) is 35.1 Å². The van der Waals surface area contributed by atoms with Gasteiger partial charge < -0.3 is 43.6 Å². The minimum absolute atomic E-state index is 0.00552. The monoisotopic (exact) mass is 1270 g/mol. The maximum absolute atomic E-state index is 18.3. The van der Waals surface area contributed by atoms with E-state index in [2.05, 4.69) is 109 Å². The van der Waals surface area contributed by atoms with Crippen LogP contribution in [0.4, 0.5) is 0 Å². The van der Waals surface area contributed by atoms with Gasteiger partial charge in [0.15, 0.2) is 17.5 Å². The number of nitrogens with one attached hydrogen (secondary N) is 1. The fourth-order valence-electron chi connectivity index (χ4n) is 31.6. The molecule has 7 aliphatic heterocycles. The van der Waals surface area contributed by atoms with Crippen molar-refractivity contribution in [1.29, 1.82) is 0 Å². The number of fused-ring (bicyclic) bond motifs is 8. The smallest absolute Gasteiger partial charge is 0.339 e. The summed E-state index contributed by atoms with van der Waals surface area (Å²) < 4.78 is 39.1. The van der Waals surface area contributed by atoms with E-state index in [9.17, 15) is 10.2 Å². The zero-order valence-electron chi connectivity index (χ0n) is 54.9. The first kappa shape index (κ1) is 57.1. The number of carbonyl (C=O) groups excluding carboxylic acids is 3. The van der Waals surface area contributed by atoms with E-state index in [1.54, 1.807) is 0 Å². The van der Waals surface area contributed by atoms with E-state index in [-0.39, 0.29) is 77.7 Å². The van der Waals surface area contributed by atoms with Gasteiger partial charge in [0.25, 0.3) is 0 Å². The molecule has 1 aromatic heterocycles. The molecule has 2 aromatic rings. The van der Waals surface area contributed by atoms with Crippen LogP contribution in [0.3, 0.4) is 0 Å². The third-order valence-corrected chi connectivity index (χ3v) is 34.0. The van der Waals surface area contributed by atoms with Crippen LogP contribution in [0.25, 0.3) is 0 Å². The number of allylic oxidation sites excluding steroid dienone is 3. The Labute approximate surface area is 552 Å². The van der Waals surface area contributed by atoms with E-state index in [1.165, 1.54) is 30.4 Å². The predicted molar refractivity (Wildman–Crippen MR) is 343 cm³/mol. The molecule has 5 saturated heterocycles. The number of furan rings is 1. The largest absolute Gasteiger partial charge is 0.469 e. The van der Waals surface area contributed by atoms with E-state index in [0.29, 0.717) is 86.3 Å². The average Bonchev–Trinajstić information content (AvgIpc) is 1.39. The van der Waals surface area contributed by atoms with Crippen molar-refractivity contribution in [3.05, 3.63) is 107 Å². The average molecular weight is 1270 g/mol. The molecule has 14 fully saturated rings. The van der Waals surface area contributed by atoms with Crippen molar-refractivity contribution in [2.24, 2.45) is 133 Å². The number of ketones is 1. The summed E-state index contributed by atoms with van der Waals surface area (Å²) in [6.45, 7) is 6.34. The molecule has 10 bridgehead atoms. The molecule has 0 radical (unpaired) electrons. The first-order chi connectivity index (χ1) is 45.6. The second kappa shape index (κ2) is 18.3. The van der Waals surface area contributed by atoms with Crippen molar-refractivity contribution in [1.82, 2.24) is 10.2 Å². The van der Waals surface area contributed by atoms with Gasteiger partial charge in [-0.05, 0) is 221 Å². The lowest BCUT2D eigenvalue weighted by Crippen LogP contribution is -2.85. The van der Waals surface area contributed by atoms with Gasteiger partial charge in [0, 0.05) is 52.7 Å². The number of Topliss-reactive ketones (excluding diaryl/α,β-unsaturated/α-hetero) is 1. The summed E-state index contributed by atoms with van der Waals surface area (Å²) in [5, 5.41) is 42.6. The molecular weight excluding hydrogens is 1180 g/mol. The van der Waals surface area contributed by atoms with Crippen molar-refractivity contribution < 1.29 is 53.1 Å². The van der Waals surface area contributed by atoms with Crippen molar-refractivity contribution in [3.8, 4) is 11.8 Å². The number of ether oxygens (including phenoxy) is 4. The number of hydrogen-bond acceptors (Lipinski definition) is 13. The molecule has 4 N–H and O–H groups in total. The second-order valence-electron chi connectivity index (χ2n) is 36.0. The lowest BCUT2D eigenvalue weighted by atomic mass is 9.27. The Balaban J connectivity index is 0.790. The number of aliphatic hydroxyl groups excluding tert-OH is 3. The maximum atomic E-state index is 18.3. The van der Waals surface area contributed by atoms with Gasteiger partial charge in [-0.15, -0.1) is 0 Å². The van der Waals surface area contributed by atoms with Gasteiger partial charge >= 0.3 is 11.9 Å². The highest BCUT2D eigenvalue weighted by Gasteiger charge is 3.02. The van der Waals surface area contributed by atoms with Crippen molar-refractivity contribution in [2.45, 2.75) is 195 Å². The summed E-state index contributed by atoms with van der Waals surface area (Å²) in [6, 6.07) is 11.3. The van der Waals surface area contributed by atoms with E-state index in [0.717, 1.165) is 95.0 Å². The zero-order valence-corrected chi connectivity index (χ0v) is 54.9. The molecule has 20 aliphatic rings. The number of cyclic esters (lactones) is 1. The van der Waals surface area contributed by atoms with Crippen LogP contribution in [-0.2, 0) is 58.2 Å². The number of esters is 2. The topological polar surface area (TPSA) is 181 Å². The van der Waals surface area contributed by atoms with E-state index in [4.69, 9.17) is 23.4 Å². The number of nitrogens with zero attached hydrogens (tertiary/aromatic N) is 1. The molecule has 31 atom stereocenters. The highest BCUT2D eigenvalue weighted by molar-refractivity contribution is 5.96. The normalized spacial score (nSPS) is 55.4. The highest BCUT2D eigenvalue weighted by atomic mass is 16.7. The number of carbonyl (C=O) groups is 3. The summed E-state index contributed by atoms with van der Waals surface area (Å²) in [6.07, 6.45) is 33.1. The molecule has 494 valence electrons. The van der Waals surface area contributed by atoms with Gasteiger partial charge in [-0.1, -0.05) is 105 Å². The Hall–Kier alpha value is -4.81. The molecular formula is C81H94N2O11. The quantitative estimate of drug-likeness (QED) is 0.0891. The minimum Gasteiger partial charge on any atom is -0.469 e. The molecule has 9 saturated carbocycles. The Morgan fingerprint density at radius 2 is 1.82 bits per heavy atom. The third kappa shape index (κ3) is 5.94. The Morgan fingerprint density at radius 3 is 2.70 bits per heavy atom. The minimum atomic E-state index is -1.59. The fraction of sp³-hybridized carbons (Fsp3) is 0.716. The molecule has 94 heavy (non-hydrogen) atoms. The Bertz CT molecular complexity index is 3900. The number of aryl methyl sites for hydroxylation is 1. The maximum Gasteiger partial charge on any atom is 0.339 e. The number of aliphatic hydroxyl groups is 3. The first-order valence-corrected chi connectivity index (χ1v) is 37.8. The molecule has 13 nitrogen and oxygen atoms in total. The number of hydrogen-bond donors (Lipinski definition) is 4. The predicted octanol–water partition coefficient (Wildman–Crippen LogP) is 10.3. The number of epoxide rings is 1. The van der Waals surface area contributed by atoms with Crippen molar-refractivity contribution in [3.63, 3.8) is 0 Å². The van der Waals surface area contributed by atoms with E-state index in [1.807, 2.05) is 6.26 Å². The number of benzene rings is 1. The Morgan fingerprint density at radius 1 is 0.926 bits per heavy atom. The first-order valence-electron chi connectivity index (χ1n) is 37.8. The lowest BCUT2D eigenvalue weighted by Gasteiger charge is -2.75. The lowest BCUT2D eigenvalue weighted by molar-refractivity contribution is -0.324. The van der Waals surface area contributed by atoms with Gasteiger partial charge in [-0.3, -0.25) is 14.9 Å². The van der Waals surface area contributed by atoms with Crippen LogP contribution in [0.2, 0.25) is 0 Å². The molecule has 0 amide bonds. The van der Waals surface area contributed by atoms with E-state index >= 15 is 19.5 Å². The standard InChI is InChI=1S/C81H94N2O11/c1-43-56-11-6-10-47(56)21-25-73(43)23-7-24-76-63(73)33-55-32-54-29-46-20-26-77-71(89)91-41-75(80(55,77)94-76)66-52(37-74(54,77)35-46)36-72(2)79-53(18-15-51-40-90-62(64(51)79)34-58(61(85)39-84)49-16-19-57-50(31-49)22-27-83-42-82-38-60(57)83)17-14-48-13-12-45(28-44-8-4-3-5-9-44)30-59(48)78(66,68(87)65(86)67(75)76)81(72)69(92-81)70(88)93-79/h3-5,7-9,20,22-23,26-27,33,40,43,45-50,52-54,56-61,63,66-69,82,84-85,87H,6,10-13,15-16,18-19,21,24-25,28-32,34-39,41-42H2,1-2H3/t43-,45+,46-,47+,48+,49+,50-,52+,53-,54+,56+,57-,58+,59+,60+,61-,63+,66-,67+,68-,69-,72+,73+,74+,75-,76+,77-,78+,79+,80-,81-/m1/s1. The van der Waals surface area contributed by atoms with Crippen molar-refractivity contribution in [2.75, 3.05) is 26.4 Å². The van der Waals surface area contributed by atoms with Crippen LogP contribution < -0.4 is 5.32 Å². The summed E-state index contributed by atoms with van der Waals surface area (Å²) in [5.74, 6) is 7.85. The second-order valence-corrected chi connectivity index (χ2v) is 36.0. The number of rotatable bonds is 7. The van der Waals surface area contributed by atoms with Crippen LogP contribution >= 0.6 is 0 Å². The Kier molecular flexibility index (Phi) is 11.1. The van der Waals surface area contributed by atoms with E-state index < -0.39 is 97.4 Å². The summed E-state index contributed by atoms with van der Waals surface area (Å²) in [5.41, 5.74) is -6.94. The molecule has 13 heteroatoms. The molecule has 0 unspecified atom stereocenters. The third-order valence-electron chi connectivity index (χ3n) is 34.0. The van der Waals surface area contributed by atoms with Crippen LogP contribution in [0.15, 0.2) is 89.2 Å². The molecule has 22 rings (SSSR count). The van der Waals surface area contributed by atoms with Crippen LogP contribution in [-0.4, -0.2) is 106 Å². The van der Waals surface area contributed by atoms with Crippen LogP contribution in [0, 0.1) is 145 Å². The molecule has 9 spiro atoms.